The Bertz CT molecular complexity index is 1140. The molecule has 29 heavy (non-hydrogen) atoms. The lowest BCUT2D eigenvalue weighted by molar-refractivity contribution is 0.196. The van der Waals surface area contributed by atoms with E-state index in [9.17, 15) is 8.42 Å². The van der Waals surface area contributed by atoms with Crippen molar-refractivity contribution < 1.29 is 17.9 Å². The van der Waals surface area contributed by atoms with Crippen LogP contribution in [0, 0.1) is 20.8 Å². The molecule has 156 valence electrons. The first-order valence-electron chi connectivity index (χ1n) is 9.29. The zero-order valence-electron chi connectivity index (χ0n) is 17.3. The third-order valence-electron chi connectivity index (χ3n) is 4.63. The van der Waals surface area contributed by atoms with E-state index in [1.807, 2.05) is 32.9 Å². The van der Waals surface area contributed by atoms with Crippen LogP contribution in [-0.2, 0) is 14.8 Å². The fourth-order valence-corrected chi connectivity index (χ4v) is 4.57. The number of rotatable bonds is 8. The normalized spacial score (nSPS) is 11.9. The molecule has 2 aromatic heterocycles. The van der Waals surface area contributed by atoms with Crippen molar-refractivity contribution in [1.29, 1.82) is 0 Å². The van der Waals surface area contributed by atoms with Crippen LogP contribution in [0.3, 0.4) is 0 Å². The van der Waals surface area contributed by atoms with E-state index in [-0.39, 0.29) is 17.2 Å². The van der Waals surface area contributed by atoms with E-state index in [1.165, 1.54) is 7.11 Å². The first-order valence-corrected chi connectivity index (χ1v) is 10.8. The molecule has 3 aromatic rings. The highest BCUT2D eigenvalue weighted by Crippen LogP contribution is 2.33. The molecule has 0 bridgehead atoms. The maximum atomic E-state index is 12.9. The van der Waals surface area contributed by atoms with Crippen LogP contribution in [0.1, 0.15) is 23.5 Å². The van der Waals surface area contributed by atoms with Gasteiger partial charge in [0.1, 0.15) is 10.6 Å². The number of methoxy groups -OCH3 is 2. The Morgan fingerprint density at radius 2 is 1.90 bits per heavy atom. The van der Waals surface area contributed by atoms with Crippen molar-refractivity contribution in [3.63, 3.8) is 0 Å². The molecule has 0 amide bonds. The number of aryl methyl sites for hydroxylation is 3. The standard InChI is InChI=1S/C20H26N4O4S/c1-13-11-14(2)24-20(22-13)19(15(3)23-24)16-7-8-17(28-5)18(12-16)29(25,26)21-9-6-10-27-4/h7-8,11-12,21H,6,9-10H2,1-5H3. The van der Waals surface area contributed by atoms with Crippen molar-refractivity contribution in [2.24, 2.45) is 0 Å². The average Bonchev–Trinajstić information content (AvgIpc) is 3.01. The Morgan fingerprint density at radius 1 is 1.14 bits per heavy atom. The molecular formula is C20H26N4O4S. The molecule has 0 unspecified atom stereocenters. The molecule has 0 aliphatic heterocycles. The number of fused-ring (bicyclic) bond motifs is 1. The molecule has 9 heteroatoms. The van der Waals surface area contributed by atoms with E-state index in [4.69, 9.17) is 9.47 Å². The van der Waals surface area contributed by atoms with Gasteiger partial charge in [0.2, 0.25) is 10.0 Å². The van der Waals surface area contributed by atoms with Gasteiger partial charge >= 0.3 is 0 Å². The Hall–Kier alpha value is -2.49. The summed E-state index contributed by atoms with van der Waals surface area (Å²) < 4.78 is 40.4. The number of benzene rings is 1. The maximum absolute atomic E-state index is 12.9. The molecule has 0 spiro atoms. The molecule has 3 rings (SSSR count). The zero-order valence-corrected chi connectivity index (χ0v) is 18.1. The van der Waals surface area contributed by atoms with Crippen LogP contribution in [0.2, 0.25) is 0 Å². The van der Waals surface area contributed by atoms with E-state index in [0.717, 1.165) is 22.6 Å². The van der Waals surface area contributed by atoms with Gasteiger partial charge in [0.25, 0.3) is 0 Å². The first kappa shape index (κ1) is 21.2. The van der Waals surface area contributed by atoms with Gasteiger partial charge in [0.05, 0.1) is 12.8 Å². The fourth-order valence-electron chi connectivity index (χ4n) is 3.31. The minimum atomic E-state index is -3.76. The Balaban J connectivity index is 2.11. The predicted octanol–water partition coefficient (Wildman–Crippen LogP) is 2.64. The fraction of sp³-hybridized carbons (Fsp3) is 0.400. The van der Waals surface area contributed by atoms with Gasteiger partial charge in [-0.1, -0.05) is 6.07 Å². The summed E-state index contributed by atoms with van der Waals surface area (Å²) in [4.78, 5) is 4.71. The summed E-state index contributed by atoms with van der Waals surface area (Å²) >= 11 is 0. The lowest BCUT2D eigenvalue weighted by Gasteiger charge is -2.12. The number of aromatic nitrogens is 3. The largest absolute Gasteiger partial charge is 0.495 e. The summed E-state index contributed by atoms with van der Waals surface area (Å²) in [5, 5.41) is 4.58. The second-order valence-electron chi connectivity index (χ2n) is 6.84. The summed E-state index contributed by atoms with van der Waals surface area (Å²) in [7, 11) is -0.725. The van der Waals surface area contributed by atoms with Crippen LogP contribution in [0.25, 0.3) is 16.8 Å². The summed E-state index contributed by atoms with van der Waals surface area (Å²) in [6, 6.07) is 7.05. The van der Waals surface area contributed by atoms with E-state index < -0.39 is 10.0 Å². The van der Waals surface area contributed by atoms with Gasteiger partial charge in [-0.15, -0.1) is 0 Å². The van der Waals surface area contributed by atoms with Crippen molar-refractivity contribution >= 4 is 15.7 Å². The topological polar surface area (TPSA) is 94.8 Å². The maximum Gasteiger partial charge on any atom is 0.244 e. The van der Waals surface area contributed by atoms with Crippen LogP contribution in [0.4, 0.5) is 0 Å². The zero-order chi connectivity index (χ0) is 21.2. The van der Waals surface area contributed by atoms with Crippen molar-refractivity contribution in [2.75, 3.05) is 27.4 Å². The van der Waals surface area contributed by atoms with Gasteiger partial charge in [-0.2, -0.15) is 5.10 Å². The summed E-state index contributed by atoms with van der Waals surface area (Å²) in [5.41, 5.74) is 4.82. The molecule has 0 radical (unpaired) electrons. The van der Waals surface area contributed by atoms with Gasteiger partial charge in [0, 0.05) is 37.2 Å². The molecule has 0 aliphatic rings. The van der Waals surface area contributed by atoms with Crippen molar-refractivity contribution in [3.8, 4) is 16.9 Å². The molecule has 0 saturated heterocycles. The molecule has 1 aromatic carbocycles. The highest BCUT2D eigenvalue weighted by Gasteiger charge is 2.22. The Labute approximate surface area is 170 Å². The molecule has 2 heterocycles. The van der Waals surface area contributed by atoms with E-state index in [2.05, 4.69) is 14.8 Å². The number of hydrogen-bond acceptors (Lipinski definition) is 6. The second-order valence-corrected chi connectivity index (χ2v) is 8.58. The SMILES string of the molecule is COCCCNS(=O)(=O)c1cc(-c2c(C)nn3c(C)cc(C)nc23)ccc1OC. The monoisotopic (exact) mass is 418 g/mol. The van der Waals surface area contributed by atoms with Crippen LogP contribution >= 0.6 is 0 Å². The minimum absolute atomic E-state index is 0.0815. The van der Waals surface area contributed by atoms with Gasteiger partial charge < -0.3 is 9.47 Å². The van der Waals surface area contributed by atoms with E-state index in [0.29, 0.717) is 24.2 Å². The number of ether oxygens (including phenoxy) is 2. The molecule has 0 saturated carbocycles. The van der Waals surface area contributed by atoms with Crippen molar-refractivity contribution in [2.45, 2.75) is 32.1 Å². The summed E-state index contributed by atoms with van der Waals surface area (Å²) in [6.07, 6.45) is 0.577. The lowest BCUT2D eigenvalue weighted by Crippen LogP contribution is -2.26. The van der Waals surface area contributed by atoms with Gasteiger partial charge in [-0.3, -0.25) is 0 Å². The van der Waals surface area contributed by atoms with Crippen molar-refractivity contribution in [3.05, 3.63) is 41.3 Å². The third kappa shape index (κ3) is 4.26. The minimum Gasteiger partial charge on any atom is -0.495 e. The molecular weight excluding hydrogens is 392 g/mol. The number of hydrogen-bond donors (Lipinski definition) is 1. The molecule has 0 aliphatic carbocycles. The van der Waals surface area contributed by atoms with E-state index >= 15 is 0 Å². The smallest absolute Gasteiger partial charge is 0.244 e. The summed E-state index contributed by atoms with van der Waals surface area (Å²) in [5.74, 6) is 0.280. The van der Waals surface area contributed by atoms with Gasteiger partial charge in [0.15, 0.2) is 5.65 Å². The highest BCUT2D eigenvalue weighted by molar-refractivity contribution is 7.89. The lowest BCUT2D eigenvalue weighted by atomic mass is 10.1. The number of nitrogens with zero attached hydrogens (tertiary/aromatic N) is 3. The van der Waals surface area contributed by atoms with Crippen LogP contribution in [0.5, 0.6) is 5.75 Å². The summed E-state index contributed by atoms with van der Waals surface area (Å²) in [6.45, 7) is 6.53. The van der Waals surface area contributed by atoms with Crippen LogP contribution in [0.15, 0.2) is 29.2 Å². The van der Waals surface area contributed by atoms with Gasteiger partial charge in [-0.05, 0) is 51.0 Å². The number of nitrogens with one attached hydrogen (secondary N) is 1. The van der Waals surface area contributed by atoms with Gasteiger partial charge in [-0.25, -0.2) is 22.6 Å². The van der Waals surface area contributed by atoms with Crippen LogP contribution < -0.4 is 9.46 Å². The highest BCUT2D eigenvalue weighted by atomic mass is 32.2. The molecule has 0 atom stereocenters. The van der Waals surface area contributed by atoms with Crippen molar-refractivity contribution in [1.82, 2.24) is 19.3 Å². The Kier molecular flexibility index (Phi) is 6.21. The second kappa shape index (κ2) is 8.48. The molecule has 0 fully saturated rings. The third-order valence-corrected chi connectivity index (χ3v) is 6.11. The van der Waals surface area contributed by atoms with Crippen LogP contribution in [-0.4, -0.2) is 50.4 Å². The average molecular weight is 419 g/mol. The Morgan fingerprint density at radius 3 is 2.59 bits per heavy atom. The van der Waals surface area contributed by atoms with E-state index in [1.54, 1.807) is 23.8 Å². The predicted molar refractivity (Wildman–Crippen MR) is 111 cm³/mol. The number of sulfonamides is 1. The molecule has 8 nitrogen and oxygen atoms in total. The first-order chi connectivity index (χ1) is 13.8. The molecule has 1 N–H and O–H groups in total. The quantitative estimate of drug-likeness (QED) is 0.565.